The first-order chi connectivity index (χ1) is 31.9. The Labute approximate surface area is 376 Å². The molecule has 2 atom stereocenters. The van der Waals surface area contributed by atoms with Gasteiger partial charge in [-0.1, -0.05) is 129 Å². The number of allylic oxidation sites excluding steroid dienone is 7. The fourth-order valence-corrected chi connectivity index (χ4v) is 10.4. The molecule has 6 nitrogen and oxygen atoms in total. The van der Waals surface area contributed by atoms with Crippen molar-refractivity contribution in [2.75, 3.05) is 0 Å². The van der Waals surface area contributed by atoms with Crippen LogP contribution in [0.4, 0.5) is 0 Å². The normalized spacial score (nSPS) is 16.0. The average molecular weight is 841 g/mol. The Balaban J connectivity index is 1.17. The van der Waals surface area contributed by atoms with Crippen molar-refractivity contribution < 1.29 is 8.83 Å². The molecule has 1 saturated carbocycles. The van der Waals surface area contributed by atoms with E-state index in [1.54, 1.807) is 6.08 Å². The number of hydrogen-bond donors (Lipinski definition) is 0. The van der Waals surface area contributed by atoms with E-state index in [1.807, 2.05) is 49.4 Å². The number of furan rings is 2. The van der Waals surface area contributed by atoms with Crippen LogP contribution in [0.5, 0.6) is 0 Å². The number of aromatic nitrogens is 4. The Hall–Kier alpha value is -8.09. The van der Waals surface area contributed by atoms with Crippen molar-refractivity contribution in [3.8, 4) is 39.6 Å². The maximum absolute atomic E-state index is 6.93. The summed E-state index contributed by atoms with van der Waals surface area (Å²) in [4.78, 5) is 15.7. The van der Waals surface area contributed by atoms with Crippen LogP contribution in [0.2, 0.25) is 0 Å². The Morgan fingerprint density at radius 3 is 2.15 bits per heavy atom. The minimum absolute atomic E-state index is 0.500. The van der Waals surface area contributed by atoms with E-state index in [0.29, 0.717) is 29.2 Å². The van der Waals surface area contributed by atoms with Crippen LogP contribution >= 0.6 is 0 Å². The van der Waals surface area contributed by atoms with Gasteiger partial charge in [0.2, 0.25) is 0 Å². The molecule has 2 unspecified atom stereocenters. The second kappa shape index (κ2) is 15.0. The van der Waals surface area contributed by atoms with E-state index in [0.717, 1.165) is 117 Å². The lowest BCUT2D eigenvalue weighted by atomic mass is 9.92. The highest BCUT2D eigenvalue weighted by atomic mass is 16.3. The highest BCUT2D eigenvalue weighted by Gasteiger charge is 2.43. The highest BCUT2D eigenvalue weighted by Crippen LogP contribution is 2.53. The Bertz CT molecular complexity index is 3730. The monoisotopic (exact) mass is 840 g/mol. The number of rotatable bonds is 10. The van der Waals surface area contributed by atoms with Gasteiger partial charge in [0.15, 0.2) is 17.5 Å². The van der Waals surface area contributed by atoms with E-state index >= 15 is 0 Å². The quantitative estimate of drug-likeness (QED) is 0.128. The topological polar surface area (TPSA) is 69.9 Å². The number of benzene rings is 6. The summed E-state index contributed by atoms with van der Waals surface area (Å²) in [5.74, 6) is 3.96. The number of nitrogens with zero attached hydrogens (tertiary/aromatic N) is 4. The van der Waals surface area contributed by atoms with E-state index in [4.69, 9.17) is 23.8 Å². The predicted molar refractivity (Wildman–Crippen MR) is 270 cm³/mol. The zero-order chi connectivity index (χ0) is 43.9. The molecular formula is C59H44N4O2. The van der Waals surface area contributed by atoms with Crippen molar-refractivity contribution in [3.05, 3.63) is 195 Å². The molecule has 65 heavy (non-hydrogen) atoms. The van der Waals surface area contributed by atoms with E-state index < -0.39 is 0 Å². The van der Waals surface area contributed by atoms with Crippen molar-refractivity contribution in [3.63, 3.8) is 0 Å². The minimum atomic E-state index is 0.500. The molecule has 0 radical (unpaired) electrons. The third-order valence-corrected chi connectivity index (χ3v) is 13.4. The molecule has 0 amide bonds. The van der Waals surface area contributed by atoms with Gasteiger partial charge in [0.05, 0.1) is 27.5 Å². The van der Waals surface area contributed by atoms with Gasteiger partial charge in [0.25, 0.3) is 0 Å². The van der Waals surface area contributed by atoms with Crippen molar-refractivity contribution >= 4 is 77.5 Å². The van der Waals surface area contributed by atoms with Crippen molar-refractivity contribution in [1.82, 2.24) is 19.5 Å². The highest BCUT2D eigenvalue weighted by molar-refractivity contribution is 6.27. The van der Waals surface area contributed by atoms with Crippen LogP contribution in [-0.2, 0) is 0 Å². The fourth-order valence-electron chi connectivity index (χ4n) is 10.4. The van der Waals surface area contributed by atoms with Crippen LogP contribution in [0.25, 0.3) is 117 Å². The van der Waals surface area contributed by atoms with Gasteiger partial charge in [0, 0.05) is 44.0 Å². The fraction of sp³-hybridized carbons (Fsp3) is 0.102. The second-order valence-electron chi connectivity index (χ2n) is 17.3. The van der Waals surface area contributed by atoms with E-state index in [9.17, 15) is 0 Å². The van der Waals surface area contributed by atoms with Crippen LogP contribution in [0.15, 0.2) is 181 Å². The SMILES string of the molecule is C=C/C=C(\C=C)c1cc(-c2nc(C3=CCCC4CC34)nc(-c3ccccc3)n2)cc(-c2ccccc2)c1-n1c2ccccc2c2c3oc4ccc5c(C(=C)C)c(C=C)oc5c4c3ccc21. The molecule has 6 aromatic carbocycles. The smallest absolute Gasteiger partial charge is 0.164 e. The Morgan fingerprint density at radius 2 is 1.40 bits per heavy atom. The molecule has 4 heterocycles. The molecule has 0 aliphatic heterocycles. The maximum Gasteiger partial charge on any atom is 0.164 e. The summed E-state index contributed by atoms with van der Waals surface area (Å²) in [7, 11) is 0. The number of hydrogen-bond acceptors (Lipinski definition) is 5. The van der Waals surface area contributed by atoms with Crippen LogP contribution in [-0.4, -0.2) is 19.5 Å². The lowest BCUT2D eigenvalue weighted by Crippen LogP contribution is -2.07. The summed E-state index contributed by atoms with van der Waals surface area (Å²) in [6, 6.07) is 42.3. The minimum Gasteiger partial charge on any atom is -0.455 e. The molecule has 2 aliphatic carbocycles. The predicted octanol–water partition coefficient (Wildman–Crippen LogP) is 15.9. The summed E-state index contributed by atoms with van der Waals surface area (Å²) in [5, 5.41) is 4.96. The molecule has 0 saturated heterocycles. The summed E-state index contributed by atoms with van der Waals surface area (Å²) >= 11 is 0. The van der Waals surface area contributed by atoms with Crippen molar-refractivity contribution in [1.29, 1.82) is 0 Å². The van der Waals surface area contributed by atoms with Gasteiger partial charge in [-0.3, -0.25) is 0 Å². The van der Waals surface area contributed by atoms with E-state index in [-0.39, 0.29) is 0 Å². The molecule has 6 heteroatoms. The van der Waals surface area contributed by atoms with Gasteiger partial charge >= 0.3 is 0 Å². The summed E-state index contributed by atoms with van der Waals surface area (Å²) in [6.07, 6.45) is 13.3. The van der Waals surface area contributed by atoms with Gasteiger partial charge in [-0.2, -0.15) is 0 Å². The lowest BCUT2D eigenvalue weighted by molar-refractivity contribution is 0.606. The molecule has 12 rings (SSSR count). The molecular weight excluding hydrogens is 797 g/mol. The molecule has 0 bridgehead atoms. The maximum atomic E-state index is 6.93. The third kappa shape index (κ3) is 6.05. The van der Waals surface area contributed by atoms with E-state index in [1.165, 1.54) is 18.4 Å². The van der Waals surface area contributed by atoms with Crippen LogP contribution in [0.1, 0.15) is 48.9 Å². The van der Waals surface area contributed by atoms with Gasteiger partial charge in [0.1, 0.15) is 22.5 Å². The summed E-state index contributed by atoms with van der Waals surface area (Å²) in [6.45, 7) is 18.8. The zero-order valence-corrected chi connectivity index (χ0v) is 36.1. The number of para-hydroxylation sites is 1. The second-order valence-corrected chi connectivity index (χ2v) is 17.3. The van der Waals surface area contributed by atoms with Crippen LogP contribution in [0, 0.1) is 11.8 Å². The van der Waals surface area contributed by atoms with E-state index in [2.05, 4.69) is 134 Å². The summed E-state index contributed by atoms with van der Waals surface area (Å²) < 4.78 is 15.9. The molecule has 0 spiro atoms. The summed E-state index contributed by atoms with van der Waals surface area (Å²) in [5.41, 5.74) is 14.2. The largest absolute Gasteiger partial charge is 0.455 e. The standard InChI is InChI=1S/C59H44N4O2/c1-6-18-35(7-2)45-32-39(58-60-57(37-21-13-10-14-22-37)61-59(62-58)40-25-17-23-38-31-44(38)40)33-46(36-19-11-9-12-20-36)54(45)63-47-26-16-15-24-41(47)52-48(63)29-27-43-53-50(65-55(43)52)30-28-42-51(34(4)5)49(8-3)64-56(42)53/h6-16,18-22,24-30,32-33,38,44H,1-4,17,23,31H2,5H3/b35-18+. The van der Waals surface area contributed by atoms with Gasteiger partial charge < -0.3 is 13.4 Å². The zero-order valence-electron chi connectivity index (χ0n) is 36.1. The molecule has 10 aromatic rings. The Kier molecular flexibility index (Phi) is 8.92. The van der Waals surface area contributed by atoms with Gasteiger partial charge in [-0.25, -0.2) is 15.0 Å². The van der Waals surface area contributed by atoms with Gasteiger partial charge in [-0.15, -0.1) is 0 Å². The van der Waals surface area contributed by atoms with Crippen LogP contribution in [0.3, 0.4) is 0 Å². The van der Waals surface area contributed by atoms with Gasteiger partial charge in [-0.05, 0) is 109 Å². The first kappa shape index (κ1) is 38.6. The van der Waals surface area contributed by atoms with Crippen molar-refractivity contribution in [2.24, 2.45) is 11.8 Å². The molecule has 4 aromatic heterocycles. The molecule has 312 valence electrons. The molecule has 2 aliphatic rings. The average Bonchev–Trinajstić information content (AvgIpc) is 3.74. The van der Waals surface area contributed by atoms with Crippen LogP contribution < -0.4 is 0 Å². The van der Waals surface area contributed by atoms with Crippen molar-refractivity contribution in [2.45, 2.75) is 26.2 Å². The third-order valence-electron chi connectivity index (χ3n) is 13.4. The molecule has 1 fully saturated rings. The first-order valence-corrected chi connectivity index (χ1v) is 22.3. The lowest BCUT2D eigenvalue weighted by Gasteiger charge is -2.21. The molecule has 0 N–H and O–H groups in total. The number of fused-ring (bicyclic) bond motifs is 10. The Morgan fingerprint density at radius 1 is 0.692 bits per heavy atom. The first-order valence-electron chi connectivity index (χ1n) is 22.3.